The van der Waals surface area contributed by atoms with Crippen LogP contribution in [0.3, 0.4) is 0 Å². The van der Waals surface area contributed by atoms with Gasteiger partial charge in [0.1, 0.15) is 19.0 Å². The highest BCUT2D eigenvalue weighted by Crippen LogP contribution is 2.44. The van der Waals surface area contributed by atoms with Crippen LogP contribution in [0.5, 0.6) is 5.75 Å². The highest BCUT2D eigenvalue weighted by molar-refractivity contribution is 5.88. The highest BCUT2D eigenvalue weighted by atomic mass is 16.6. The van der Waals surface area contributed by atoms with E-state index in [1.165, 1.54) is 29.2 Å². The number of nitrogens with one attached hydrogen (secondary N) is 2. The van der Waals surface area contributed by atoms with Crippen molar-refractivity contribution in [3.63, 3.8) is 0 Å². The van der Waals surface area contributed by atoms with Crippen molar-refractivity contribution in [1.29, 1.82) is 0 Å². The Balaban J connectivity index is 0.880. The summed E-state index contributed by atoms with van der Waals surface area (Å²) in [6, 6.07) is 23.7. The van der Waals surface area contributed by atoms with E-state index < -0.39 is 6.09 Å². The normalized spacial score (nSPS) is 11.9. The predicted molar refractivity (Wildman–Crippen MR) is 173 cm³/mol. The molecule has 0 bridgehead atoms. The molecule has 0 radical (unpaired) electrons. The van der Waals surface area contributed by atoms with E-state index in [1.807, 2.05) is 24.3 Å². The van der Waals surface area contributed by atoms with E-state index in [1.54, 1.807) is 24.3 Å². The summed E-state index contributed by atoms with van der Waals surface area (Å²) in [6.45, 7) is 7.01. The summed E-state index contributed by atoms with van der Waals surface area (Å²) in [5.74, 6) is 0.637. The van der Waals surface area contributed by atoms with Crippen LogP contribution in [0.1, 0.15) is 24.0 Å². The maximum Gasteiger partial charge on any atom is 0.407 e. The van der Waals surface area contributed by atoms with Crippen molar-refractivity contribution in [2.45, 2.75) is 12.8 Å². The summed E-state index contributed by atoms with van der Waals surface area (Å²) >= 11 is 0. The van der Waals surface area contributed by atoms with Gasteiger partial charge in [0.25, 0.3) is 0 Å². The Morgan fingerprint density at radius 3 is 1.61 bits per heavy atom. The van der Waals surface area contributed by atoms with Crippen LogP contribution in [0, 0.1) is 0 Å². The van der Waals surface area contributed by atoms with E-state index in [0.717, 1.165) is 5.69 Å². The minimum Gasteiger partial charge on any atom is -0.491 e. The highest BCUT2D eigenvalue weighted by Gasteiger charge is 2.28. The second kappa shape index (κ2) is 20.2. The van der Waals surface area contributed by atoms with Crippen molar-refractivity contribution >= 4 is 17.7 Å². The van der Waals surface area contributed by atoms with Gasteiger partial charge in [-0.2, -0.15) is 0 Å². The Morgan fingerprint density at radius 2 is 1.09 bits per heavy atom. The first-order valence-corrected chi connectivity index (χ1v) is 15.6. The molecule has 2 N–H and O–H groups in total. The molecule has 0 aliphatic heterocycles. The first-order valence-electron chi connectivity index (χ1n) is 15.6. The lowest BCUT2D eigenvalue weighted by molar-refractivity contribution is -0.114. The first-order chi connectivity index (χ1) is 22.6. The average molecular weight is 637 g/mol. The molecular formula is C35H44N2O9. The molecule has 0 saturated heterocycles. The summed E-state index contributed by atoms with van der Waals surface area (Å²) < 4.78 is 38.6. The number of fused-ring (bicyclic) bond motifs is 3. The zero-order valence-electron chi connectivity index (χ0n) is 26.4. The summed E-state index contributed by atoms with van der Waals surface area (Å²) in [6.07, 6.45) is -0.454. The van der Waals surface area contributed by atoms with Gasteiger partial charge in [0.15, 0.2) is 0 Å². The maximum absolute atomic E-state index is 12.2. The zero-order chi connectivity index (χ0) is 32.2. The molecule has 0 aromatic heterocycles. The smallest absolute Gasteiger partial charge is 0.407 e. The van der Waals surface area contributed by atoms with Gasteiger partial charge in [0.2, 0.25) is 5.91 Å². The number of alkyl carbamates (subject to hydrolysis) is 1. The van der Waals surface area contributed by atoms with Gasteiger partial charge in [0.05, 0.1) is 66.1 Å². The first kappa shape index (κ1) is 34.9. The Labute approximate surface area is 270 Å². The Hall–Kier alpha value is -4.00. The molecule has 0 atom stereocenters. The molecule has 0 unspecified atom stereocenters. The van der Waals surface area contributed by atoms with Crippen LogP contribution >= 0.6 is 0 Å². The Kier molecular flexibility index (Phi) is 15.3. The summed E-state index contributed by atoms with van der Waals surface area (Å²) in [7, 11) is 0. The van der Waals surface area contributed by atoms with Gasteiger partial charge in [-0.05, 0) is 46.5 Å². The lowest BCUT2D eigenvalue weighted by Gasteiger charge is -2.14. The number of benzene rings is 3. The Morgan fingerprint density at radius 1 is 0.609 bits per heavy atom. The van der Waals surface area contributed by atoms with Gasteiger partial charge in [-0.3, -0.25) is 4.79 Å². The minimum absolute atomic E-state index is 0.0370. The lowest BCUT2D eigenvalue weighted by Crippen LogP contribution is -2.29. The number of amides is 2. The van der Waals surface area contributed by atoms with E-state index in [9.17, 15) is 9.59 Å². The third-order valence-electron chi connectivity index (χ3n) is 7.02. The fraction of sp³-hybridized carbons (Fsp3) is 0.429. The molecule has 1 aliphatic carbocycles. The average Bonchev–Trinajstić information content (AvgIpc) is 3.39. The molecule has 46 heavy (non-hydrogen) atoms. The standard InChI is InChI=1S/C35H44N2O9/c1-27(38)37-28-10-12-29(13-11-28)45-25-24-44-23-22-43-21-20-42-19-18-41-17-16-40-15-14-36-35(39)46-26-34-32-8-4-2-6-30(32)31-7-3-5-9-33(31)34/h2-13,34H,14-26H2,1H3,(H,36,39)(H,37,38). The predicted octanol–water partition coefficient (Wildman–Crippen LogP) is 4.65. The largest absolute Gasteiger partial charge is 0.491 e. The third kappa shape index (κ3) is 12.1. The van der Waals surface area contributed by atoms with Crippen LogP contribution in [-0.4, -0.2) is 97.8 Å². The van der Waals surface area contributed by atoms with Gasteiger partial charge in [-0.15, -0.1) is 0 Å². The number of carbonyl (C=O) groups excluding carboxylic acids is 2. The summed E-state index contributed by atoms with van der Waals surface area (Å²) in [5.41, 5.74) is 5.50. The van der Waals surface area contributed by atoms with Gasteiger partial charge in [-0.25, -0.2) is 4.79 Å². The number of carbonyl (C=O) groups is 2. The molecule has 0 spiro atoms. The van der Waals surface area contributed by atoms with Crippen molar-refractivity contribution in [3.05, 3.63) is 83.9 Å². The van der Waals surface area contributed by atoms with Crippen LogP contribution < -0.4 is 15.4 Å². The second-order valence-electron chi connectivity index (χ2n) is 10.4. The van der Waals surface area contributed by atoms with E-state index >= 15 is 0 Å². The van der Waals surface area contributed by atoms with Crippen LogP contribution in [0.4, 0.5) is 10.5 Å². The second-order valence-corrected chi connectivity index (χ2v) is 10.4. The summed E-state index contributed by atoms with van der Waals surface area (Å²) in [5, 5.41) is 5.45. The molecule has 2 amide bonds. The van der Waals surface area contributed by atoms with Gasteiger partial charge >= 0.3 is 6.09 Å². The number of anilines is 1. The molecule has 0 fully saturated rings. The van der Waals surface area contributed by atoms with Crippen LogP contribution in [0.2, 0.25) is 0 Å². The number of ether oxygens (including phenoxy) is 7. The minimum atomic E-state index is -0.454. The van der Waals surface area contributed by atoms with Crippen molar-refractivity contribution in [3.8, 4) is 16.9 Å². The summed E-state index contributed by atoms with van der Waals surface area (Å²) in [4.78, 5) is 23.3. The molecule has 3 aromatic rings. The lowest BCUT2D eigenvalue weighted by atomic mass is 9.98. The van der Waals surface area contributed by atoms with Crippen LogP contribution in [-0.2, 0) is 33.2 Å². The topological polar surface area (TPSA) is 123 Å². The van der Waals surface area contributed by atoms with E-state index in [-0.39, 0.29) is 18.4 Å². The van der Waals surface area contributed by atoms with Crippen molar-refractivity contribution in [2.24, 2.45) is 0 Å². The number of hydrogen-bond acceptors (Lipinski definition) is 9. The van der Waals surface area contributed by atoms with Crippen LogP contribution in [0.15, 0.2) is 72.8 Å². The van der Waals surface area contributed by atoms with E-state index in [4.69, 9.17) is 33.2 Å². The molecule has 0 heterocycles. The van der Waals surface area contributed by atoms with Gasteiger partial charge < -0.3 is 43.8 Å². The van der Waals surface area contributed by atoms with Crippen molar-refractivity contribution < 1.29 is 42.7 Å². The monoisotopic (exact) mass is 636 g/mol. The SMILES string of the molecule is CC(=O)Nc1ccc(OCCOCCOCCOCCOCCOCCNC(=O)OCC2c3ccccc3-c3ccccc32)cc1. The van der Waals surface area contributed by atoms with Gasteiger partial charge in [0, 0.05) is 25.1 Å². The molecule has 4 rings (SSSR count). The molecule has 248 valence electrons. The van der Waals surface area contributed by atoms with Crippen molar-refractivity contribution in [2.75, 3.05) is 91.1 Å². The molecule has 11 heteroatoms. The van der Waals surface area contributed by atoms with Crippen molar-refractivity contribution in [1.82, 2.24) is 5.32 Å². The molecule has 0 saturated carbocycles. The van der Waals surface area contributed by atoms with Crippen LogP contribution in [0.25, 0.3) is 11.1 Å². The fourth-order valence-corrected chi connectivity index (χ4v) is 4.91. The fourth-order valence-electron chi connectivity index (χ4n) is 4.91. The molecule has 11 nitrogen and oxygen atoms in total. The maximum atomic E-state index is 12.2. The number of hydrogen-bond donors (Lipinski definition) is 2. The van der Waals surface area contributed by atoms with Gasteiger partial charge in [-0.1, -0.05) is 48.5 Å². The molecular weight excluding hydrogens is 592 g/mol. The van der Waals surface area contributed by atoms with E-state index in [2.05, 4.69) is 34.9 Å². The Bertz CT molecular complexity index is 1290. The number of rotatable bonds is 22. The molecule has 3 aromatic carbocycles. The third-order valence-corrected chi connectivity index (χ3v) is 7.02. The van der Waals surface area contributed by atoms with E-state index in [0.29, 0.717) is 85.0 Å². The quantitative estimate of drug-likeness (QED) is 0.152. The zero-order valence-corrected chi connectivity index (χ0v) is 26.4. The molecule has 1 aliphatic rings.